The highest BCUT2D eigenvalue weighted by Gasteiger charge is 2.56. The van der Waals surface area contributed by atoms with Crippen LogP contribution in [0.1, 0.15) is 48.4 Å². The van der Waals surface area contributed by atoms with E-state index < -0.39 is 35.0 Å². The van der Waals surface area contributed by atoms with Crippen molar-refractivity contribution in [2.75, 3.05) is 20.7 Å². The van der Waals surface area contributed by atoms with E-state index in [9.17, 15) is 27.2 Å². The Bertz CT molecular complexity index is 1280. The Kier molecular flexibility index (Phi) is 6.99. The van der Waals surface area contributed by atoms with Gasteiger partial charge in [0.05, 0.1) is 0 Å². The Morgan fingerprint density at radius 2 is 1.85 bits per heavy atom. The van der Waals surface area contributed by atoms with Crippen LogP contribution in [0.2, 0.25) is 5.02 Å². The monoisotopic (exact) mass is 566 g/mol. The lowest BCUT2D eigenvalue weighted by Crippen LogP contribution is -2.53. The van der Waals surface area contributed by atoms with Gasteiger partial charge in [-0.1, -0.05) is 41.9 Å². The molecule has 5 atom stereocenters. The SMILES string of the molecule is CO[C@H]1C[C@@H](C(=O)N2CCC3(Cc4ccc(Cl)cc4)c4ccc(C(C)(F)C(F)(F)F)cc4CCC23)N(C)C1=O. The van der Waals surface area contributed by atoms with Crippen molar-refractivity contribution in [2.45, 2.75) is 74.5 Å². The molecule has 0 saturated carbocycles. The molecule has 210 valence electrons. The Hall–Kier alpha value is -2.65. The van der Waals surface area contributed by atoms with Gasteiger partial charge in [-0.2, -0.15) is 13.2 Å². The first-order valence-corrected chi connectivity index (χ1v) is 13.4. The average Bonchev–Trinajstić information content (AvgIpc) is 3.41. The summed E-state index contributed by atoms with van der Waals surface area (Å²) in [6.45, 7) is 0.990. The summed E-state index contributed by atoms with van der Waals surface area (Å²) in [7, 11) is 3.05. The average molecular weight is 567 g/mol. The maximum atomic E-state index is 14.9. The second kappa shape index (κ2) is 9.77. The first-order valence-electron chi connectivity index (χ1n) is 13.0. The van der Waals surface area contributed by atoms with Gasteiger partial charge in [0.25, 0.3) is 5.91 Å². The van der Waals surface area contributed by atoms with Gasteiger partial charge in [0, 0.05) is 43.6 Å². The van der Waals surface area contributed by atoms with Gasteiger partial charge in [0.2, 0.25) is 11.6 Å². The smallest absolute Gasteiger partial charge is 0.372 e. The molecule has 2 fully saturated rings. The predicted molar refractivity (Wildman–Crippen MR) is 138 cm³/mol. The summed E-state index contributed by atoms with van der Waals surface area (Å²) in [5.41, 5.74) is -1.98. The third-order valence-corrected chi connectivity index (χ3v) is 9.28. The van der Waals surface area contributed by atoms with Crippen LogP contribution in [0.15, 0.2) is 42.5 Å². The summed E-state index contributed by atoms with van der Waals surface area (Å²) in [5.74, 6) is -0.384. The van der Waals surface area contributed by atoms with Gasteiger partial charge < -0.3 is 14.5 Å². The van der Waals surface area contributed by atoms with Crippen LogP contribution in [-0.2, 0) is 38.3 Å². The van der Waals surface area contributed by atoms with Crippen molar-refractivity contribution in [1.82, 2.24) is 9.80 Å². The van der Waals surface area contributed by atoms with E-state index >= 15 is 0 Å². The molecule has 5 nitrogen and oxygen atoms in total. The Labute approximate surface area is 230 Å². The summed E-state index contributed by atoms with van der Waals surface area (Å²) in [5, 5.41) is 0.584. The van der Waals surface area contributed by atoms with E-state index in [1.807, 2.05) is 17.0 Å². The molecule has 3 aliphatic rings. The lowest BCUT2D eigenvalue weighted by molar-refractivity contribution is -0.228. The topological polar surface area (TPSA) is 49.9 Å². The van der Waals surface area contributed by atoms with Crippen LogP contribution < -0.4 is 0 Å². The minimum Gasteiger partial charge on any atom is -0.372 e. The zero-order chi connectivity index (χ0) is 28.3. The van der Waals surface area contributed by atoms with E-state index in [0.29, 0.717) is 49.7 Å². The molecule has 2 amide bonds. The van der Waals surface area contributed by atoms with E-state index in [-0.39, 0.29) is 24.3 Å². The molecule has 2 saturated heterocycles. The molecule has 2 aromatic carbocycles. The van der Waals surface area contributed by atoms with Crippen LogP contribution in [0.25, 0.3) is 0 Å². The third kappa shape index (κ3) is 4.51. The van der Waals surface area contributed by atoms with Gasteiger partial charge in [0.15, 0.2) is 0 Å². The van der Waals surface area contributed by atoms with Gasteiger partial charge in [-0.25, -0.2) is 4.39 Å². The summed E-state index contributed by atoms with van der Waals surface area (Å²) in [6.07, 6.45) is -3.39. The number of carbonyl (C=O) groups excluding carboxylic acids is 2. The van der Waals surface area contributed by atoms with Crippen LogP contribution in [0.5, 0.6) is 0 Å². The van der Waals surface area contributed by atoms with Crippen molar-refractivity contribution in [3.8, 4) is 0 Å². The van der Waals surface area contributed by atoms with Crippen molar-refractivity contribution in [3.05, 3.63) is 69.7 Å². The predicted octanol–water partition coefficient (Wildman–Crippen LogP) is 5.36. The largest absolute Gasteiger partial charge is 0.426 e. The number of hydrogen-bond donors (Lipinski definition) is 0. The summed E-state index contributed by atoms with van der Waals surface area (Å²) < 4.78 is 60.6. The van der Waals surface area contributed by atoms with E-state index in [4.69, 9.17) is 16.3 Å². The van der Waals surface area contributed by atoms with Crippen LogP contribution in [0.3, 0.4) is 0 Å². The molecule has 0 bridgehead atoms. The zero-order valence-corrected chi connectivity index (χ0v) is 22.8. The van der Waals surface area contributed by atoms with Gasteiger partial charge in [0.1, 0.15) is 12.1 Å². The highest BCUT2D eigenvalue weighted by atomic mass is 35.5. The van der Waals surface area contributed by atoms with Gasteiger partial charge >= 0.3 is 6.18 Å². The highest BCUT2D eigenvalue weighted by Crippen LogP contribution is 2.51. The molecule has 2 aromatic rings. The Balaban J connectivity index is 1.54. The first-order chi connectivity index (χ1) is 18.3. The van der Waals surface area contributed by atoms with Crippen molar-refractivity contribution in [3.63, 3.8) is 0 Å². The van der Waals surface area contributed by atoms with Crippen LogP contribution >= 0.6 is 11.6 Å². The molecule has 5 rings (SSSR count). The molecule has 0 spiro atoms. The number of halogens is 5. The van der Waals surface area contributed by atoms with Gasteiger partial charge in [-0.05, 0) is 67.0 Å². The summed E-state index contributed by atoms with van der Waals surface area (Å²) in [6, 6.07) is 10.7. The number of likely N-dealkylation sites (N-methyl/N-ethyl adjacent to an activating group) is 1. The maximum absolute atomic E-state index is 14.9. The zero-order valence-electron chi connectivity index (χ0n) is 22.0. The molecule has 39 heavy (non-hydrogen) atoms. The minimum absolute atomic E-state index is 0.151. The second-order valence-electron chi connectivity index (χ2n) is 11.1. The molecule has 1 aliphatic carbocycles. The molecule has 2 aliphatic heterocycles. The van der Waals surface area contributed by atoms with Crippen molar-refractivity contribution >= 4 is 23.4 Å². The van der Waals surface area contributed by atoms with E-state index in [0.717, 1.165) is 11.1 Å². The first kappa shape index (κ1) is 27.9. The van der Waals surface area contributed by atoms with Gasteiger partial charge in [-0.3, -0.25) is 9.59 Å². The standard InChI is InChI=1S/C29H31ClF4N2O3/c1-27(31,29(32,33)34)19-7-10-21-18(14-19)6-11-24-28(21,16-17-4-8-20(30)9-5-17)12-13-36(24)25(37)22-15-23(39-3)26(38)35(22)2/h4-5,7-10,14,22-24H,6,11-13,15-16H2,1-3H3/t22-,23-,24?,27?,28?/m0/s1. The minimum atomic E-state index is -5.04. The molecule has 0 aromatic heterocycles. The molecule has 10 heteroatoms. The molecule has 3 unspecified atom stereocenters. The van der Waals surface area contributed by atoms with Gasteiger partial charge in [-0.15, -0.1) is 0 Å². The number of carbonyl (C=O) groups is 2. The Morgan fingerprint density at radius 1 is 1.15 bits per heavy atom. The van der Waals surface area contributed by atoms with Crippen LogP contribution in [-0.4, -0.2) is 66.7 Å². The second-order valence-corrected chi connectivity index (χ2v) is 11.5. The number of hydrogen-bond acceptors (Lipinski definition) is 3. The maximum Gasteiger partial charge on any atom is 0.426 e. The number of aryl methyl sites for hydroxylation is 1. The molecule has 0 N–H and O–H groups in total. The number of amides is 2. The number of rotatable bonds is 5. The number of nitrogens with zero attached hydrogens (tertiary/aromatic N) is 2. The van der Waals surface area contributed by atoms with E-state index in [2.05, 4.69) is 0 Å². The fourth-order valence-corrected chi connectivity index (χ4v) is 6.88. The fraction of sp³-hybridized carbons (Fsp3) is 0.517. The number of fused-ring (bicyclic) bond motifs is 3. The lowest BCUT2D eigenvalue weighted by atomic mass is 9.63. The molecular weight excluding hydrogens is 536 g/mol. The van der Waals surface area contributed by atoms with E-state index in [1.54, 1.807) is 25.2 Å². The number of likely N-dealkylation sites (tertiary alicyclic amines) is 2. The fourth-order valence-electron chi connectivity index (χ4n) is 6.75. The van der Waals surface area contributed by atoms with Crippen molar-refractivity contribution in [2.24, 2.45) is 0 Å². The quantitative estimate of drug-likeness (QED) is 0.458. The number of benzene rings is 2. The molecule has 0 radical (unpaired) electrons. The normalized spacial score (nSPS) is 28.3. The third-order valence-electron chi connectivity index (χ3n) is 9.03. The van der Waals surface area contributed by atoms with Crippen molar-refractivity contribution in [1.29, 1.82) is 0 Å². The van der Waals surface area contributed by atoms with Crippen molar-refractivity contribution < 1.29 is 31.9 Å². The number of ether oxygens (including phenoxy) is 1. The Morgan fingerprint density at radius 3 is 2.46 bits per heavy atom. The summed E-state index contributed by atoms with van der Waals surface area (Å²) >= 11 is 6.11. The number of methoxy groups -OCH3 is 1. The highest BCUT2D eigenvalue weighted by molar-refractivity contribution is 6.30. The van der Waals surface area contributed by atoms with Crippen LogP contribution in [0.4, 0.5) is 17.6 Å². The molecule has 2 heterocycles. The molecular formula is C29H31ClF4N2O3. The lowest BCUT2D eigenvalue weighted by Gasteiger charge is -2.44. The summed E-state index contributed by atoms with van der Waals surface area (Å²) in [4.78, 5) is 29.7. The number of alkyl halides is 4. The van der Waals surface area contributed by atoms with Crippen LogP contribution in [0, 0.1) is 0 Å². The van der Waals surface area contributed by atoms with E-state index in [1.165, 1.54) is 24.1 Å².